The molecule has 1 rings (SSSR count). The Labute approximate surface area is 114 Å². The van der Waals surface area contributed by atoms with Crippen molar-refractivity contribution in [1.29, 1.82) is 0 Å². The van der Waals surface area contributed by atoms with Crippen LogP contribution < -0.4 is 15.2 Å². The number of nitrogens with zero attached hydrogens (tertiary/aromatic N) is 1. The van der Waals surface area contributed by atoms with Crippen molar-refractivity contribution in [2.45, 2.75) is 0 Å². The summed E-state index contributed by atoms with van der Waals surface area (Å²) in [6, 6.07) is 6.90. The number of sulfonamides is 1. The molecule has 0 radical (unpaired) electrons. The number of nitrogens with two attached hydrogens (primary N) is 1. The zero-order chi connectivity index (χ0) is 14.3. The van der Waals surface area contributed by atoms with Crippen LogP contribution in [0.5, 0.6) is 5.75 Å². The van der Waals surface area contributed by atoms with Crippen LogP contribution in [-0.2, 0) is 10.0 Å². The van der Waals surface area contributed by atoms with Crippen LogP contribution in [0.1, 0.15) is 0 Å². The van der Waals surface area contributed by atoms with Gasteiger partial charge in [-0.2, -0.15) is 0 Å². The van der Waals surface area contributed by atoms with Crippen molar-refractivity contribution >= 4 is 15.7 Å². The minimum atomic E-state index is -3.29. The lowest BCUT2D eigenvalue weighted by molar-refractivity contribution is 0.340. The molecule has 3 N–H and O–H groups in total. The van der Waals surface area contributed by atoms with E-state index < -0.39 is 10.0 Å². The molecule has 0 aromatic heterocycles. The highest BCUT2D eigenvalue weighted by Gasteiger charge is 2.09. The standard InChI is InChI=1S/C12H21N3O3S/c1-15(2)7-6-14-19(16,17)9-8-18-12-5-3-4-11(13)10-12/h3-5,10,14H,6-9,13H2,1-2H3. The molecular weight excluding hydrogens is 266 g/mol. The quantitative estimate of drug-likeness (QED) is 0.664. The smallest absolute Gasteiger partial charge is 0.214 e. The van der Waals surface area contributed by atoms with E-state index >= 15 is 0 Å². The topological polar surface area (TPSA) is 84.7 Å². The molecule has 0 aliphatic rings. The molecule has 1 aromatic rings. The van der Waals surface area contributed by atoms with E-state index in [0.717, 1.165) is 0 Å². The Morgan fingerprint density at radius 2 is 2.11 bits per heavy atom. The molecule has 0 spiro atoms. The third kappa shape index (κ3) is 7.00. The lowest BCUT2D eigenvalue weighted by atomic mass is 10.3. The van der Waals surface area contributed by atoms with Crippen LogP contribution >= 0.6 is 0 Å². The van der Waals surface area contributed by atoms with Crippen molar-refractivity contribution < 1.29 is 13.2 Å². The molecule has 6 nitrogen and oxygen atoms in total. The van der Waals surface area contributed by atoms with Crippen LogP contribution in [0, 0.1) is 0 Å². The van der Waals surface area contributed by atoms with Gasteiger partial charge in [0.2, 0.25) is 10.0 Å². The molecule has 0 heterocycles. The lowest BCUT2D eigenvalue weighted by Gasteiger charge is -2.11. The first-order valence-corrected chi connectivity index (χ1v) is 7.65. The largest absolute Gasteiger partial charge is 0.492 e. The summed E-state index contributed by atoms with van der Waals surface area (Å²) in [5.74, 6) is 0.498. The van der Waals surface area contributed by atoms with Crippen LogP contribution in [0.4, 0.5) is 5.69 Å². The Hall–Kier alpha value is -1.31. The summed E-state index contributed by atoms with van der Waals surface area (Å²) in [4.78, 5) is 1.91. The van der Waals surface area contributed by atoms with E-state index in [1.165, 1.54) is 0 Å². The molecule has 108 valence electrons. The van der Waals surface area contributed by atoms with Gasteiger partial charge in [-0.1, -0.05) is 6.07 Å². The highest BCUT2D eigenvalue weighted by atomic mass is 32.2. The molecular formula is C12H21N3O3S. The van der Waals surface area contributed by atoms with E-state index in [2.05, 4.69) is 4.72 Å². The zero-order valence-electron chi connectivity index (χ0n) is 11.3. The second kappa shape index (κ2) is 7.32. The predicted molar refractivity (Wildman–Crippen MR) is 76.7 cm³/mol. The summed E-state index contributed by atoms with van der Waals surface area (Å²) in [6.07, 6.45) is 0. The third-order valence-corrected chi connectivity index (χ3v) is 3.71. The number of nitrogens with one attached hydrogen (secondary N) is 1. The average Bonchev–Trinajstić information content (AvgIpc) is 2.27. The van der Waals surface area contributed by atoms with Gasteiger partial charge >= 0.3 is 0 Å². The summed E-state index contributed by atoms with van der Waals surface area (Å²) in [5.41, 5.74) is 6.18. The molecule has 0 saturated heterocycles. The number of nitrogen functional groups attached to an aromatic ring is 1. The van der Waals surface area contributed by atoms with Crippen LogP contribution in [0.25, 0.3) is 0 Å². The third-order valence-electron chi connectivity index (χ3n) is 2.36. The normalized spacial score (nSPS) is 11.7. The molecule has 0 aliphatic heterocycles. The Balaban J connectivity index is 2.31. The van der Waals surface area contributed by atoms with Gasteiger partial charge in [0, 0.05) is 24.8 Å². The molecule has 0 fully saturated rings. The van der Waals surface area contributed by atoms with Crippen molar-refractivity contribution in [3.63, 3.8) is 0 Å². The predicted octanol–water partition coefficient (Wildman–Crippen LogP) is 0.129. The Bertz CT molecular complexity index is 489. The molecule has 19 heavy (non-hydrogen) atoms. The van der Waals surface area contributed by atoms with E-state index in [0.29, 0.717) is 24.5 Å². The summed E-state index contributed by atoms with van der Waals surface area (Å²) in [7, 11) is 0.482. The Kier molecular flexibility index (Phi) is 6.07. The van der Waals surface area contributed by atoms with Crippen molar-refractivity contribution in [3.8, 4) is 5.75 Å². The lowest BCUT2D eigenvalue weighted by Crippen LogP contribution is -2.34. The van der Waals surface area contributed by atoms with Gasteiger partial charge in [-0.25, -0.2) is 13.1 Å². The summed E-state index contributed by atoms with van der Waals surface area (Å²) < 4.78 is 31.1. The first-order valence-electron chi connectivity index (χ1n) is 5.99. The Morgan fingerprint density at radius 3 is 2.74 bits per heavy atom. The maximum absolute atomic E-state index is 11.6. The fraction of sp³-hybridized carbons (Fsp3) is 0.500. The van der Waals surface area contributed by atoms with Gasteiger partial charge in [0.05, 0.1) is 5.75 Å². The molecule has 0 aliphatic carbocycles. The number of hydrogen-bond donors (Lipinski definition) is 2. The van der Waals surface area contributed by atoms with Crippen molar-refractivity contribution in [1.82, 2.24) is 9.62 Å². The van der Waals surface area contributed by atoms with Gasteiger partial charge in [0.25, 0.3) is 0 Å². The molecule has 7 heteroatoms. The molecule has 1 aromatic carbocycles. The van der Waals surface area contributed by atoms with Gasteiger partial charge in [-0.15, -0.1) is 0 Å². The van der Waals surface area contributed by atoms with Crippen LogP contribution in [0.2, 0.25) is 0 Å². The number of rotatable bonds is 8. The van der Waals surface area contributed by atoms with Gasteiger partial charge in [-0.3, -0.25) is 0 Å². The number of anilines is 1. The monoisotopic (exact) mass is 287 g/mol. The molecule has 0 bridgehead atoms. The molecule has 0 amide bonds. The second-order valence-electron chi connectivity index (χ2n) is 4.44. The summed E-state index contributed by atoms with van der Waals surface area (Å²) in [5, 5.41) is 0. The second-order valence-corrected chi connectivity index (χ2v) is 6.36. The van der Waals surface area contributed by atoms with Crippen LogP contribution in [-0.4, -0.2) is 52.9 Å². The van der Waals surface area contributed by atoms with Crippen molar-refractivity contribution in [3.05, 3.63) is 24.3 Å². The zero-order valence-corrected chi connectivity index (χ0v) is 12.1. The minimum absolute atomic E-state index is 0.0742. The van der Waals surface area contributed by atoms with E-state index in [1.54, 1.807) is 24.3 Å². The molecule has 0 atom stereocenters. The fourth-order valence-corrected chi connectivity index (χ4v) is 2.22. The molecule has 0 saturated carbocycles. The maximum atomic E-state index is 11.6. The number of hydrogen-bond acceptors (Lipinski definition) is 5. The highest BCUT2D eigenvalue weighted by molar-refractivity contribution is 7.89. The fourth-order valence-electron chi connectivity index (χ4n) is 1.37. The van der Waals surface area contributed by atoms with Gasteiger partial charge < -0.3 is 15.4 Å². The van der Waals surface area contributed by atoms with E-state index in [9.17, 15) is 8.42 Å². The number of likely N-dealkylation sites (N-methyl/N-ethyl adjacent to an activating group) is 1. The average molecular weight is 287 g/mol. The summed E-state index contributed by atoms with van der Waals surface area (Å²) >= 11 is 0. The molecule has 0 unspecified atom stereocenters. The number of benzene rings is 1. The van der Waals surface area contributed by atoms with Crippen molar-refractivity contribution in [2.24, 2.45) is 0 Å². The van der Waals surface area contributed by atoms with Gasteiger partial charge in [-0.05, 0) is 26.2 Å². The van der Waals surface area contributed by atoms with Crippen LogP contribution in [0.15, 0.2) is 24.3 Å². The van der Waals surface area contributed by atoms with E-state index in [1.807, 2.05) is 19.0 Å². The summed E-state index contributed by atoms with van der Waals surface area (Å²) in [6.45, 7) is 1.16. The van der Waals surface area contributed by atoms with Gasteiger partial charge in [0.1, 0.15) is 12.4 Å². The van der Waals surface area contributed by atoms with Gasteiger partial charge in [0.15, 0.2) is 0 Å². The first kappa shape index (κ1) is 15.7. The Morgan fingerprint density at radius 1 is 1.37 bits per heavy atom. The highest BCUT2D eigenvalue weighted by Crippen LogP contribution is 2.14. The SMILES string of the molecule is CN(C)CCNS(=O)(=O)CCOc1cccc(N)c1. The maximum Gasteiger partial charge on any atom is 0.214 e. The van der Waals surface area contributed by atoms with Crippen LogP contribution in [0.3, 0.4) is 0 Å². The van der Waals surface area contributed by atoms with E-state index in [4.69, 9.17) is 10.5 Å². The first-order chi connectivity index (χ1) is 8.89. The van der Waals surface area contributed by atoms with E-state index in [-0.39, 0.29) is 12.4 Å². The number of ether oxygens (including phenoxy) is 1. The van der Waals surface area contributed by atoms with Crippen molar-refractivity contribution in [2.75, 3.05) is 45.3 Å². The minimum Gasteiger partial charge on any atom is -0.492 e.